The molecule has 2 N–H and O–H groups in total. The van der Waals surface area contributed by atoms with Gasteiger partial charge >= 0.3 is 0 Å². The number of rotatable bonds is 10. The lowest BCUT2D eigenvalue weighted by Crippen LogP contribution is -2.40. The molecule has 29 heavy (non-hydrogen) atoms. The van der Waals surface area contributed by atoms with E-state index in [9.17, 15) is 0 Å². The maximum absolute atomic E-state index is 5.81. The third-order valence-corrected chi connectivity index (χ3v) is 5.42. The highest BCUT2D eigenvalue weighted by Crippen LogP contribution is 2.41. The molecule has 0 radical (unpaired) electrons. The molecule has 7 nitrogen and oxygen atoms in total. The van der Waals surface area contributed by atoms with Gasteiger partial charge in [0.25, 0.3) is 0 Å². The van der Waals surface area contributed by atoms with Crippen molar-refractivity contribution in [1.82, 2.24) is 10.6 Å². The van der Waals surface area contributed by atoms with Crippen molar-refractivity contribution >= 4 is 29.9 Å². The normalized spacial score (nSPS) is 17.0. The molecule has 164 valence electrons. The summed E-state index contributed by atoms with van der Waals surface area (Å²) < 4.78 is 21.8. The van der Waals surface area contributed by atoms with Crippen molar-refractivity contribution in [2.24, 2.45) is 10.4 Å². The fraction of sp³-hybridized carbons (Fsp3) is 0.667. The fourth-order valence-corrected chi connectivity index (χ4v) is 3.82. The second-order valence-corrected chi connectivity index (χ2v) is 7.44. The Bertz CT molecular complexity index is 651. The molecule has 1 aromatic carbocycles. The molecule has 1 aromatic rings. The predicted molar refractivity (Wildman–Crippen MR) is 125 cm³/mol. The molecule has 0 spiro atoms. The van der Waals surface area contributed by atoms with Crippen LogP contribution in [-0.4, -0.2) is 52.7 Å². The highest BCUT2D eigenvalue weighted by molar-refractivity contribution is 14.0. The fourth-order valence-electron chi connectivity index (χ4n) is 3.82. The topological polar surface area (TPSA) is 73.3 Å². The maximum Gasteiger partial charge on any atom is 0.231 e. The van der Waals surface area contributed by atoms with E-state index >= 15 is 0 Å². The van der Waals surface area contributed by atoms with Gasteiger partial charge in [0.15, 0.2) is 17.5 Å². The number of aliphatic imine (C=N–C) groups is 1. The minimum atomic E-state index is 0. The van der Waals surface area contributed by atoms with E-state index in [-0.39, 0.29) is 30.8 Å². The van der Waals surface area contributed by atoms with E-state index < -0.39 is 0 Å². The number of nitrogens with zero attached hydrogens (tertiary/aromatic N) is 1. The van der Waals surface area contributed by atoms with Gasteiger partial charge in [0.05, 0.1) is 6.54 Å². The lowest BCUT2D eigenvalue weighted by Gasteiger charge is -2.27. The van der Waals surface area contributed by atoms with Crippen molar-refractivity contribution in [1.29, 1.82) is 0 Å². The Morgan fingerprint density at radius 3 is 2.69 bits per heavy atom. The first-order valence-corrected chi connectivity index (χ1v) is 10.3. The first-order valence-electron chi connectivity index (χ1n) is 10.3. The van der Waals surface area contributed by atoms with Crippen LogP contribution in [0, 0.1) is 5.41 Å². The molecule has 8 heteroatoms. The van der Waals surface area contributed by atoms with Crippen LogP contribution in [0.15, 0.2) is 23.2 Å². The van der Waals surface area contributed by atoms with Gasteiger partial charge < -0.3 is 29.6 Å². The van der Waals surface area contributed by atoms with Crippen molar-refractivity contribution in [2.45, 2.75) is 39.0 Å². The molecular weight excluding hydrogens is 485 g/mol. The van der Waals surface area contributed by atoms with Gasteiger partial charge in [-0.15, -0.1) is 24.0 Å². The standard InChI is InChI=1S/C21H33N3O4.HI/c1-3-22-20(24-15-21(10-12-25-2)8-4-5-9-21)23-11-13-26-17-6-7-18-19(14-17)28-16-27-18;/h6-7,14H,3-5,8-13,15-16H2,1-2H3,(H2,22,23,24);1H. The number of nitrogens with one attached hydrogen (secondary N) is 2. The first-order chi connectivity index (χ1) is 13.7. The van der Waals surface area contributed by atoms with E-state index in [1.54, 1.807) is 7.11 Å². The molecular formula is C21H34IN3O4. The van der Waals surface area contributed by atoms with Crippen LogP contribution in [0.3, 0.4) is 0 Å². The third kappa shape index (κ3) is 7.09. The SMILES string of the molecule is CCNC(=NCC1(CCOC)CCCC1)NCCOc1ccc2c(c1)OCO2.I. The summed E-state index contributed by atoms with van der Waals surface area (Å²) in [7, 11) is 1.78. The second-order valence-electron chi connectivity index (χ2n) is 7.44. The van der Waals surface area contributed by atoms with Crippen molar-refractivity contribution in [2.75, 3.05) is 46.8 Å². The molecule has 0 aromatic heterocycles. The Balaban J connectivity index is 0.00000300. The monoisotopic (exact) mass is 519 g/mol. The second kappa shape index (κ2) is 12.3. The molecule has 1 fully saturated rings. The molecule has 0 amide bonds. The summed E-state index contributed by atoms with van der Waals surface area (Å²) in [6, 6.07) is 5.63. The van der Waals surface area contributed by atoms with Gasteiger partial charge in [-0.3, -0.25) is 4.99 Å². The van der Waals surface area contributed by atoms with Gasteiger partial charge in [-0.2, -0.15) is 0 Å². The van der Waals surface area contributed by atoms with Crippen LogP contribution in [0.2, 0.25) is 0 Å². The van der Waals surface area contributed by atoms with E-state index in [2.05, 4.69) is 17.6 Å². The van der Waals surface area contributed by atoms with Crippen LogP contribution in [-0.2, 0) is 4.74 Å². The largest absolute Gasteiger partial charge is 0.492 e. The Hall–Kier alpha value is -1.42. The van der Waals surface area contributed by atoms with Crippen LogP contribution >= 0.6 is 24.0 Å². The van der Waals surface area contributed by atoms with E-state index in [0.29, 0.717) is 18.6 Å². The van der Waals surface area contributed by atoms with Crippen LogP contribution in [0.5, 0.6) is 17.2 Å². The molecule has 1 aliphatic heterocycles. The number of halogens is 1. The van der Waals surface area contributed by atoms with Gasteiger partial charge in [0.2, 0.25) is 6.79 Å². The third-order valence-electron chi connectivity index (χ3n) is 5.42. The Kier molecular flexibility index (Phi) is 10.1. The number of fused-ring (bicyclic) bond motifs is 1. The van der Waals surface area contributed by atoms with Crippen LogP contribution in [0.25, 0.3) is 0 Å². The predicted octanol–water partition coefficient (Wildman–Crippen LogP) is 3.56. The highest BCUT2D eigenvalue weighted by Gasteiger charge is 2.33. The molecule has 1 aliphatic carbocycles. The molecule has 0 unspecified atom stereocenters. The summed E-state index contributed by atoms with van der Waals surface area (Å²) in [6.07, 6.45) is 6.16. The van der Waals surface area contributed by atoms with Gasteiger partial charge in [-0.25, -0.2) is 0 Å². The van der Waals surface area contributed by atoms with Crippen LogP contribution in [0.1, 0.15) is 39.0 Å². The lowest BCUT2D eigenvalue weighted by atomic mass is 9.83. The Labute approximate surface area is 190 Å². The molecule has 0 bridgehead atoms. The van der Waals surface area contributed by atoms with Gasteiger partial charge in [-0.05, 0) is 43.7 Å². The zero-order valence-electron chi connectivity index (χ0n) is 17.5. The number of benzene rings is 1. The Morgan fingerprint density at radius 2 is 1.93 bits per heavy atom. The minimum absolute atomic E-state index is 0. The average Bonchev–Trinajstić information content (AvgIpc) is 3.37. The van der Waals surface area contributed by atoms with E-state index in [1.807, 2.05) is 18.2 Å². The lowest BCUT2D eigenvalue weighted by molar-refractivity contribution is 0.141. The van der Waals surface area contributed by atoms with Gasteiger partial charge in [-0.1, -0.05) is 12.8 Å². The molecule has 2 aliphatic rings. The first kappa shape index (κ1) is 23.9. The van der Waals surface area contributed by atoms with Crippen molar-refractivity contribution in [3.8, 4) is 17.2 Å². The summed E-state index contributed by atoms with van der Waals surface area (Å²) in [5.41, 5.74) is 0.293. The number of methoxy groups -OCH3 is 1. The zero-order valence-corrected chi connectivity index (χ0v) is 19.8. The van der Waals surface area contributed by atoms with Crippen molar-refractivity contribution < 1.29 is 18.9 Å². The molecule has 0 saturated heterocycles. The number of hydrogen-bond acceptors (Lipinski definition) is 5. The molecule has 1 saturated carbocycles. The van der Waals surface area contributed by atoms with Crippen LogP contribution < -0.4 is 24.8 Å². The van der Waals surface area contributed by atoms with E-state index in [0.717, 1.165) is 49.3 Å². The minimum Gasteiger partial charge on any atom is -0.492 e. The Morgan fingerprint density at radius 1 is 1.14 bits per heavy atom. The van der Waals surface area contributed by atoms with Crippen molar-refractivity contribution in [3.05, 3.63) is 18.2 Å². The van der Waals surface area contributed by atoms with Gasteiger partial charge in [0, 0.05) is 32.9 Å². The van der Waals surface area contributed by atoms with Crippen molar-refractivity contribution in [3.63, 3.8) is 0 Å². The number of guanidine groups is 1. The average molecular weight is 519 g/mol. The number of ether oxygens (including phenoxy) is 4. The summed E-state index contributed by atoms with van der Waals surface area (Å²) >= 11 is 0. The molecule has 3 rings (SSSR count). The molecule has 1 heterocycles. The van der Waals surface area contributed by atoms with Crippen LogP contribution in [0.4, 0.5) is 0 Å². The summed E-state index contributed by atoms with van der Waals surface area (Å²) in [5.74, 6) is 3.12. The maximum atomic E-state index is 5.81. The summed E-state index contributed by atoms with van der Waals surface area (Å²) in [4.78, 5) is 4.86. The quantitative estimate of drug-likeness (QED) is 0.213. The highest BCUT2D eigenvalue weighted by atomic mass is 127. The molecule has 0 atom stereocenters. The van der Waals surface area contributed by atoms with E-state index in [1.165, 1.54) is 25.7 Å². The summed E-state index contributed by atoms with van der Waals surface area (Å²) in [5, 5.41) is 6.70. The number of hydrogen-bond donors (Lipinski definition) is 2. The smallest absolute Gasteiger partial charge is 0.231 e. The van der Waals surface area contributed by atoms with E-state index in [4.69, 9.17) is 23.9 Å². The summed E-state index contributed by atoms with van der Waals surface area (Å²) in [6.45, 7) is 6.05. The zero-order chi connectivity index (χ0) is 19.7. The van der Waals surface area contributed by atoms with Gasteiger partial charge in [0.1, 0.15) is 12.4 Å².